The number of hydrogen-bond donors (Lipinski definition) is 0. The van der Waals surface area contributed by atoms with Gasteiger partial charge in [-0.2, -0.15) is 13.2 Å². The lowest BCUT2D eigenvalue weighted by molar-refractivity contribution is -0.137. The molecule has 0 atom stereocenters. The number of hydrogen-bond acceptors (Lipinski definition) is 3. The average Bonchev–Trinajstić information content (AvgIpc) is 2.67. The number of benzene rings is 2. The second-order valence-electron chi connectivity index (χ2n) is 6.46. The highest BCUT2D eigenvalue weighted by molar-refractivity contribution is 5.94. The van der Waals surface area contributed by atoms with Crippen LogP contribution in [-0.4, -0.2) is 44.1 Å². The summed E-state index contributed by atoms with van der Waals surface area (Å²) >= 11 is 0. The van der Waals surface area contributed by atoms with Gasteiger partial charge in [-0.3, -0.25) is 4.79 Å². The van der Waals surface area contributed by atoms with Crippen molar-refractivity contribution in [3.8, 4) is 0 Å². The highest BCUT2D eigenvalue weighted by Gasteiger charge is 2.31. The summed E-state index contributed by atoms with van der Waals surface area (Å²) in [6, 6.07) is 12.6. The Bertz CT molecular complexity index is 800. The van der Waals surface area contributed by atoms with E-state index in [-0.39, 0.29) is 5.91 Å². The fourth-order valence-corrected chi connectivity index (χ4v) is 3.19. The zero-order valence-corrected chi connectivity index (χ0v) is 15.0. The Labute approximate surface area is 156 Å². The molecule has 2 aromatic carbocycles. The number of rotatable bonds is 4. The van der Waals surface area contributed by atoms with Crippen molar-refractivity contribution in [3.05, 3.63) is 65.2 Å². The Morgan fingerprint density at radius 2 is 1.74 bits per heavy atom. The van der Waals surface area contributed by atoms with Crippen molar-refractivity contribution >= 4 is 11.6 Å². The highest BCUT2D eigenvalue weighted by Crippen LogP contribution is 2.31. The largest absolute Gasteiger partial charge is 0.416 e. The monoisotopic (exact) mass is 378 g/mol. The van der Waals surface area contributed by atoms with Crippen LogP contribution >= 0.6 is 0 Å². The van der Waals surface area contributed by atoms with E-state index in [4.69, 9.17) is 4.74 Å². The molecule has 27 heavy (non-hydrogen) atoms. The van der Waals surface area contributed by atoms with Gasteiger partial charge in [-0.1, -0.05) is 18.2 Å². The van der Waals surface area contributed by atoms with E-state index in [1.807, 2.05) is 23.1 Å². The summed E-state index contributed by atoms with van der Waals surface area (Å²) in [4.78, 5) is 16.3. The van der Waals surface area contributed by atoms with E-state index in [2.05, 4.69) is 0 Å². The van der Waals surface area contributed by atoms with Crippen LogP contribution in [-0.2, 0) is 17.5 Å². The summed E-state index contributed by atoms with van der Waals surface area (Å²) < 4.78 is 43.8. The fraction of sp³-hybridized carbons (Fsp3) is 0.350. The van der Waals surface area contributed by atoms with Crippen LogP contribution in [0.5, 0.6) is 0 Å². The van der Waals surface area contributed by atoms with Crippen LogP contribution in [0.15, 0.2) is 48.5 Å². The van der Waals surface area contributed by atoms with Gasteiger partial charge in [0.25, 0.3) is 5.91 Å². The summed E-state index contributed by atoms with van der Waals surface area (Å²) in [6.07, 6.45) is -4.36. The molecule has 0 saturated carbocycles. The number of anilines is 1. The molecule has 0 N–H and O–H groups in total. The first-order valence-corrected chi connectivity index (χ1v) is 8.68. The van der Waals surface area contributed by atoms with E-state index in [1.165, 1.54) is 6.07 Å². The molecule has 2 aromatic rings. The first-order chi connectivity index (χ1) is 12.9. The fourth-order valence-electron chi connectivity index (χ4n) is 3.19. The minimum Gasteiger partial charge on any atom is -0.380 e. The number of ether oxygens (including phenoxy) is 1. The first kappa shape index (κ1) is 19.2. The molecular formula is C20H21F3N2O2. The molecule has 1 heterocycles. The Morgan fingerprint density at radius 1 is 1.04 bits per heavy atom. The second-order valence-corrected chi connectivity index (χ2v) is 6.46. The standard InChI is InChI=1S/C20H21F3N2O2/c1-27-14-15-4-2-5-16(12-15)19(26)25-10-8-24(9-11-25)18-7-3-6-17(13-18)20(21,22)23/h2-7,12-13H,8-11,14H2,1H3. The minimum atomic E-state index is -4.36. The number of halogens is 3. The van der Waals surface area contributed by atoms with Crippen LogP contribution in [0.2, 0.25) is 0 Å². The highest BCUT2D eigenvalue weighted by atomic mass is 19.4. The van der Waals surface area contributed by atoms with Gasteiger partial charge in [-0.25, -0.2) is 0 Å². The van der Waals surface area contributed by atoms with Gasteiger partial charge in [0.15, 0.2) is 0 Å². The third-order valence-corrected chi connectivity index (χ3v) is 4.59. The number of carbonyl (C=O) groups excluding carboxylic acids is 1. The predicted molar refractivity (Wildman–Crippen MR) is 96.7 cm³/mol. The normalized spacial score (nSPS) is 15.1. The van der Waals surface area contributed by atoms with Gasteiger partial charge in [0.05, 0.1) is 12.2 Å². The molecule has 1 fully saturated rings. The smallest absolute Gasteiger partial charge is 0.380 e. The molecule has 1 aliphatic heterocycles. The maximum atomic E-state index is 12.9. The lowest BCUT2D eigenvalue weighted by Crippen LogP contribution is -2.48. The summed E-state index contributed by atoms with van der Waals surface area (Å²) in [5.74, 6) is -0.0726. The van der Waals surface area contributed by atoms with E-state index < -0.39 is 11.7 Å². The van der Waals surface area contributed by atoms with E-state index in [0.29, 0.717) is 44.0 Å². The van der Waals surface area contributed by atoms with Gasteiger partial charge in [-0.05, 0) is 35.9 Å². The van der Waals surface area contributed by atoms with Crippen molar-refractivity contribution in [2.45, 2.75) is 12.8 Å². The second kappa shape index (κ2) is 8.00. The summed E-state index contributed by atoms with van der Waals surface area (Å²) in [6.45, 7) is 2.34. The van der Waals surface area contributed by atoms with Crippen LogP contribution < -0.4 is 4.90 Å². The lowest BCUT2D eigenvalue weighted by atomic mass is 10.1. The molecule has 1 aliphatic rings. The predicted octanol–water partition coefficient (Wildman–Crippen LogP) is 3.81. The molecule has 0 radical (unpaired) electrons. The molecule has 7 heteroatoms. The molecule has 0 spiro atoms. The quantitative estimate of drug-likeness (QED) is 0.811. The molecule has 0 aromatic heterocycles. The van der Waals surface area contributed by atoms with Crippen molar-refractivity contribution in [1.82, 2.24) is 4.90 Å². The van der Waals surface area contributed by atoms with Gasteiger partial charge in [0, 0.05) is 44.5 Å². The SMILES string of the molecule is COCc1cccc(C(=O)N2CCN(c3cccc(C(F)(F)F)c3)CC2)c1. The maximum absolute atomic E-state index is 12.9. The summed E-state index contributed by atoms with van der Waals surface area (Å²) in [5.41, 5.74) is 1.38. The summed E-state index contributed by atoms with van der Waals surface area (Å²) in [5, 5.41) is 0. The number of piperazine rings is 1. The van der Waals surface area contributed by atoms with Crippen molar-refractivity contribution in [2.24, 2.45) is 0 Å². The van der Waals surface area contributed by atoms with Crippen molar-refractivity contribution in [3.63, 3.8) is 0 Å². The van der Waals surface area contributed by atoms with Crippen molar-refractivity contribution in [2.75, 3.05) is 38.2 Å². The van der Waals surface area contributed by atoms with Crippen LogP contribution in [0.1, 0.15) is 21.5 Å². The zero-order valence-electron chi connectivity index (χ0n) is 15.0. The third kappa shape index (κ3) is 4.60. The number of amides is 1. The average molecular weight is 378 g/mol. The third-order valence-electron chi connectivity index (χ3n) is 4.59. The molecule has 0 aliphatic carbocycles. The number of nitrogens with zero attached hydrogens (tertiary/aromatic N) is 2. The van der Waals surface area contributed by atoms with Crippen molar-refractivity contribution in [1.29, 1.82) is 0 Å². The topological polar surface area (TPSA) is 32.8 Å². The van der Waals surface area contributed by atoms with Crippen molar-refractivity contribution < 1.29 is 22.7 Å². The Kier molecular flexibility index (Phi) is 5.70. The minimum absolute atomic E-state index is 0.0726. The molecular weight excluding hydrogens is 357 g/mol. The summed E-state index contributed by atoms with van der Waals surface area (Å²) in [7, 11) is 1.60. The first-order valence-electron chi connectivity index (χ1n) is 8.68. The molecule has 0 unspecified atom stereocenters. The van der Waals surface area contributed by atoms with Crippen LogP contribution in [0.3, 0.4) is 0 Å². The molecule has 1 saturated heterocycles. The van der Waals surface area contributed by atoms with E-state index in [0.717, 1.165) is 17.7 Å². The number of alkyl halides is 3. The lowest BCUT2D eigenvalue weighted by Gasteiger charge is -2.36. The van der Waals surface area contributed by atoms with E-state index in [1.54, 1.807) is 24.1 Å². The van der Waals surface area contributed by atoms with Crippen LogP contribution in [0, 0.1) is 0 Å². The molecule has 144 valence electrons. The van der Waals surface area contributed by atoms with E-state index >= 15 is 0 Å². The molecule has 0 bridgehead atoms. The molecule has 1 amide bonds. The van der Waals surface area contributed by atoms with Gasteiger partial charge < -0.3 is 14.5 Å². The van der Waals surface area contributed by atoms with Crippen LogP contribution in [0.4, 0.5) is 18.9 Å². The Morgan fingerprint density at radius 3 is 2.41 bits per heavy atom. The number of methoxy groups -OCH3 is 1. The van der Waals surface area contributed by atoms with Gasteiger partial charge in [0.2, 0.25) is 0 Å². The van der Waals surface area contributed by atoms with Gasteiger partial charge in [-0.15, -0.1) is 0 Å². The maximum Gasteiger partial charge on any atom is 0.416 e. The molecule has 4 nitrogen and oxygen atoms in total. The molecule has 3 rings (SSSR count). The van der Waals surface area contributed by atoms with E-state index in [9.17, 15) is 18.0 Å². The van der Waals surface area contributed by atoms with Crippen LogP contribution in [0.25, 0.3) is 0 Å². The van der Waals surface area contributed by atoms with Gasteiger partial charge >= 0.3 is 6.18 Å². The Balaban J connectivity index is 1.65. The Hall–Kier alpha value is -2.54. The number of carbonyl (C=O) groups is 1. The zero-order chi connectivity index (χ0) is 19.4. The van der Waals surface area contributed by atoms with Gasteiger partial charge in [0.1, 0.15) is 0 Å².